The normalized spacial score (nSPS) is 17.3. The van der Waals surface area contributed by atoms with Gasteiger partial charge >= 0.3 is 0 Å². The number of guanidine groups is 1. The number of benzene rings is 1. The second-order valence-electron chi connectivity index (χ2n) is 6.23. The Morgan fingerprint density at radius 1 is 1.21 bits per heavy atom. The molecule has 1 saturated heterocycles. The number of hydrogen-bond donors (Lipinski definition) is 2. The minimum Gasteiger partial charge on any atom is -0.396 e. The highest BCUT2D eigenvalue weighted by Gasteiger charge is 2.19. The fourth-order valence-corrected chi connectivity index (χ4v) is 2.69. The van der Waals surface area contributed by atoms with Gasteiger partial charge in [0.05, 0.1) is 0 Å². The number of nitrogens with zero attached hydrogens (tertiary/aromatic N) is 3. The van der Waals surface area contributed by atoms with E-state index in [1.807, 2.05) is 6.92 Å². The van der Waals surface area contributed by atoms with Crippen molar-refractivity contribution in [2.24, 2.45) is 10.9 Å². The van der Waals surface area contributed by atoms with Crippen LogP contribution in [0.1, 0.15) is 19.4 Å². The zero-order chi connectivity index (χ0) is 16.5. The highest BCUT2D eigenvalue weighted by molar-refractivity contribution is 14.0. The third-order valence-electron chi connectivity index (χ3n) is 4.12. The van der Waals surface area contributed by atoms with Crippen molar-refractivity contribution in [3.63, 3.8) is 0 Å². The van der Waals surface area contributed by atoms with Crippen molar-refractivity contribution in [3.8, 4) is 0 Å². The van der Waals surface area contributed by atoms with Crippen LogP contribution in [0.15, 0.2) is 35.3 Å². The quantitative estimate of drug-likeness (QED) is 0.399. The third-order valence-corrected chi connectivity index (χ3v) is 4.12. The smallest absolute Gasteiger partial charge is 0.194 e. The number of rotatable bonds is 6. The summed E-state index contributed by atoms with van der Waals surface area (Å²) in [7, 11) is 0. The Bertz CT molecular complexity index is 475. The fraction of sp³-hybridized carbons (Fsp3) is 0.611. The molecular weight excluding hydrogens is 415 g/mol. The predicted molar refractivity (Wildman–Crippen MR) is 111 cm³/mol. The molecule has 0 radical (unpaired) electrons. The number of nitrogens with one attached hydrogen (secondary N) is 1. The summed E-state index contributed by atoms with van der Waals surface area (Å²) in [6.07, 6.45) is 0. The van der Waals surface area contributed by atoms with Gasteiger partial charge in [0, 0.05) is 52.4 Å². The Morgan fingerprint density at radius 3 is 2.46 bits per heavy atom. The minimum atomic E-state index is 0. The van der Waals surface area contributed by atoms with Gasteiger partial charge in [0.1, 0.15) is 0 Å². The summed E-state index contributed by atoms with van der Waals surface area (Å²) >= 11 is 0. The van der Waals surface area contributed by atoms with Crippen LogP contribution in [0.4, 0.5) is 0 Å². The molecule has 24 heavy (non-hydrogen) atoms. The summed E-state index contributed by atoms with van der Waals surface area (Å²) in [6, 6.07) is 10.6. The molecular formula is C18H31IN4O. The summed E-state index contributed by atoms with van der Waals surface area (Å²) in [5.74, 6) is 1.19. The minimum absolute atomic E-state index is 0. The summed E-state index contributed by atoms with van der Waals surface area (Å²) in [6.45, 7) is 10.9. The second kappa shape index (κ2) is 11.7. The monoisotopic (exact) mass is 446 g/mol. The van der Waals surface area contributed by atoms with Crippen LogP contribution in [0.2, 0.25) is 0 Å². The topological polar surface area (TPSA) is 51.1 Å². The number of piperazine rings is 1. The summed E-state index contributed by atoms with van der Waals surface area (Å²) in [4.78, 5) is 9.49. The van der Waals surface area contributed by atoms with Crippen molar-refractivity contribution in [2.45, 2.75) is 20.4 Å². The average Bonchev–Trinajstić information content (AvgIpc) is 2.60. The number of aliphatic hydroxyl groups excluding tert-OH is 1. The van der Waals surface area contributed by atoms with Crippen LogP contribution in [-0.2, 0) is 6.54 Å². The molecule has 1 aromatic rings. The molecule has 1 aromatic carbocycles. The van der Waals surface area contributed by atoms with E-state index in [0.717, 1.165) is 45.2 Å². The van der Waals surface area contributed by atoms with Crippen molar-refractivity contribution < 1.29 is 5.11 Å². The van der Waals surface area contributed by atoms with Crippen LogP contribution in [0.3, 0.4) is 0 Å². The van der Waals surface area contributed by atoms with Gasteiger partial charge in [0.25, 0.3) is 0 Å². The molecule has 1 aliphatic heterocycles. The van der Waals surface area contributed by atoms with E-state index in [9.17, 15) is 0 Å². The van der Waals surface area contributed by atoms with Gasteiger partial charge in [-0.1, -0.05) is 37.3 Å². The van der Waals surface area contributed by atoms with Gasteiger partial charge in [-0.15, -0.1) is 24.0 Å². The van der Waals surface area contributed by atoms with Crippen LogP contribution in [0, 0.1) is 5.92 Å². The van der Waals surface area contributed by atoms with Gasteiger partial charge in [-0.25, -0.2) is 0 Å². The van der Waals surface area contributed by atoms with Crippen LogP contribution < -0.4 is 5.32 Å². The van der Waals surface area contributed by atoms with Gasteiger partial charge in [0.2, 0.25) is 0 Å². The highest BCUT2D eigenvalue weighted by Crippen LogP contribution is 2.09. The first-order chi connectivity index (χ1) is 11.2. The van der Waals surface area contributed by atoms with Crippen molar-refractivity contribution in [1.82, 2.24) is 15.1 Å². The molecule has 0 aliphatic carbocycles. The molecule has 1 aliphatic rings. The van der Waals surface area contributed by atoms with Gasteiger partial charge < -0.3 is 15.3 Å². The van der Waals surface area contributed by atoms with Crippen molar-refractivity contribution in [2.75, 3.05) is 45.9 Å². The van der Waals surface area contributed by atoms with Crippen LogP contribution in [0.25, 0.3) is 0 Å². The van der Waals surface area contributed by atoms with E-state index in [1.54, 1.807) is 0 Å². The maximum atomic E-state index is 9.15. The van der Waals surface area contributed by atoms with Crippen molar-refractivity contribution >= 4 is 29.9 Å². The van der Waals surface area contributed by atoms with Crippen LogP contribution in [-0.4, -0.2) is 66.7 Å². The zero-order valence-electron chi connectivity index (χ0n) is 14.8. The second-order valence-corrected chi connectivity index (χ2v) is 6.23. The van der Waals surface area contributed by atoms with Crippen LogP contribution in [0.5, 0.6) is 0 Å². The molecule has 0 bridgehead atoms. The molecule has 6 heteroatoms. The van der Waals surface area contributed by atoms with Gasteiger partial charge in [-0.2, -0.15) is 0 Å². The van der Waals surface area contributed by atoms with Crippen LogP contribution >= 0.6 is 24.0 Å². The van der Waals surface area contributed by atoms with Crippen molar-refractivity contribution in [3.05, 3.63) is 35.9 Å². The van der Waals surface area contributed by atoms with Gasteiger partial charge in [-0.3, -0.25) is 9.89 Å². The van der Waals surface area contributed by atoms with Gasteiger partial charge in [-0.05, 0) is 18.4 Å². The lowest BCUT2D eigenvalue weighted by Gasteiger charge is -2.36. The molecule has 2 N–H and O–H groups in total. The average molecular weight is 446 g/mol. The van der Waals surface area contributed by atoms with E-state index >= 15 is 0 Å². The Balaban J connectivity index is 0.00000288. The Labute approximate surface area is 163 Å². The van der Waals surface area contributed by atoms with E-state index in [2.05, 4.69) is 57.4 Å². The van der Waals surface area contributed by atoms with Gasteiger partial charge in [0.15, 0.2) is 5.96 Å². The molecule has 1 unspecified atom stereocenters. The lowest BCUT2D eigenvalue weighted by atomic mass is 10.2. The molecule has 0 spiro atoms. The van der Waals surface area contributed by atoms with E-state index in [0.29, 0.717) is 6.54 Å². The van der Waals surface area contributed by atoms with E-state index in [-0.39, 0.29) is 36.5 Å². The molecule has 2 rings (SSSR count). The molecule has 0 amide bonds. The summed E-state index contributed by atoms with van der Waals surface area (Å²) in [5.41, 5.74) is 1.37. The maximum absolute atomic E-state index is 9.15. The Kier molecular flexibility index (Phi) is 10.3. The highest BCUT2D eigenvalue weighted by atomic mass is 127. The van der Waals surface area contributed by atoms with E-state index < -0.39 is 0 Å². The number of halogens is 1. The first-order valence-corrected chi connectivity index (χ1v) is 8.63. The molecule has 1 fully saturated rings. The number of aliphatic imine (C=N–C) groups is 1. The number of hydrogen-bond acceptors (Lipinski definition) is 3. The molecule has 0 aromatic heterocycles. The maximum Gasteiger partial charge on any atom is 0.194 e. The van der Waals surface area contributed by atoms with E-state index in [4.69, 9.17) is 5.11 Å². The van der Waals surface area contributed by atoms with Crippen molar-refractivity contribution in [1.29, 1.82) is 0 Å². The lowest BCUT2D eigenvalue weighted by Crippen LogP contribution is -2.52. The first kappa shape index (κ1) is 21.2. The largest absolute Gasteiger partial charge is 0.396 e. The Morgan fingerprint density at radius 2 is 1.88 bits per heavy atom. The standard InChI is InChI=1S/C18H30N4O.HI/c1-3-19-18(20-13-16(2)15-23)22-11-9-21(10-12-22)14-17-7-5-4-6-8-17;/h4-8,16,23H,3,9-15H2,1-2H3,(H,19,20);1H. The Hall–Kier alpha value is -0.860. The fourth-order valence-electron chi connectivity index (χ4n) is 2.69. The molecule has 0 saturated carbocycles. The molecule has 1 heterocycles. The molecule has 5 nitrogen and oxygen atoms in total. The lowest BCUT2D eigenvalue weighted by molar-refractivity contribution is 0.172. The first-order valence-electron chi connectivity index (χ1n) is 8.63. The zero-order valence-corrected chi connectivity index (χ0v) is 17.1. The van der Waals surface area contributed by atoms with E-state index in [1.165, 1.54) is 5.56 Å². The third kappa shape index (κ3) is 6.94. The summed E-state index contributed by atoms with van der Waals surface area (Å²) < 4.78 is 0. The predicted octanol–water partition coefficient (Wildman–Crippen LogP) is 2.02. The SMILES string of the molecule is CCNC(=NCC(C)CO)N1CCN(Cc2ccccc2)CC1.I. The summed E-state index contributed by atoms with van der Waals surface area (Å²) in [5, 5.41) is 12.5. The number of aliphatic hydroxyl groups is 1. The molecule has 136 valence electrons. The molecule has 1 atom stereocenters.